The highest BCUT2D eigenvalue weighted by atomic mass is 16.3. The van der Waals surface area contributed by atoms with E-state index in [-0.39, 0.29) is 0 Å². The van der Waals surface area contributed by atoms with E-state index < -0.39 is 0 Å². The molecule has 3 nitrogen and oxygen atoms in total. The molecule has 1 aliphatic rings. The highest BCUT2D eigenvalue weighted by Crippen LogP contribution is 2.34. The maximum Gasteiger partial charge on any atom is 0.116 e. The average molecular weight is 334 g/mol. The number of fused-ring (bicyclic) bond motifs is 1. The molecule has 0 saturated carbocycles. The SMILES string of the molecule is Oc1ccc2[nH]cc(C3CCN(CCCc4ccccc4)CC3)c2c1. The van der Waals surface area contributed by atoms with Crippen molar-refractivity contribution in [1.29, 1.82) is 0 Å². The number of hydrogen-bond acceptors (Lipinski definition) is 2. The molecular formula is C22H26N2O. The van der Waals surface area contributed by atoms with Crippen LogP contribution in [0, 0.1) is 0 Å². The van der Waals surface area contributed by atoms with Gasteiger partial charge < -0.3 is 15.0 Å². The summed E-state index contributed by atoms with van der Waals surface area (Å²) < 4.78 is 0. The van der Waals surface area contributed by atoms with Crippen LogP contribution < -0.4 is 0 Å². The number of benzene rings is 2. The number of aromatic nitrogens is 1. The molecule has 2 aromatic carbocycles. The van der Waals surface area contributed by atoms with Crippen LogP contribution in [0.4, 0.5) is 0 Å². The average Bonchev–Trinajstić information content (AvgIpc) is 3.06. The van der Waals surface area contributed by atoms with Crippen LogP contribution in [0.15, 0.2) is 54.7 Å². The first-order valence-electron chi connectivity index (χ1n) is 9.36. The minimum atomic E-state index is 0.353. The third kappa shape index (κ3) is 3.72. The molecule has 0 aliphatic carbocycles. The Morgan fingerprint density at radius 1 is 1.04 bits per heavy atom. The number of nitrogens with zero attached hydrogens (tertiary/aromatic N) is 1. The molecule has 3 aromatic rings. The number of phenols is 1. The molecule has 2 N–H and O–H groups in total. The van der Waals surface area contributed by atoms with Crippen molar-refractivity contribution < 1.29 is 5.11 Å². The summed E-state index contributed by atoms with van der Waals surface area (Å²) in [4.78, 5) is 5.95. The van der Waals surface area contributed by atoms with Crippen LogP contribution in [-0.2, 0) is 6.42 Å². The molecule has 1 aliphatic heterocycles. The van der Waals surface area contributed by atoms with E-state index in [0.29, 0.717) is 11.7 Å². The highest BCUT2D eigenvalue weighted by molar-refractivity contribution is 5.85. The number of aromatic hydroxyl groups is 1. The second kappa shape index (κ2) is 7.32. The normalized spacial score (nSPS) is 16.5. The standard InChI is InChI=1S/C22H26N2O/c25-19-8-9-22-20(15-19)21(16-23-22)18-10-13-24(14-11-18)12-4-7-17-5-2-1-3-6-17/h1-3,5-6,8-9,15-16,18,23,25H,4,7,10-14H2. The number of piperidine rings is 1. The Morgan fingerprint density at radius 3 is 2.64 bits per heavy atom. The van der Waals surface area contributed by atoms with Gasteiger partial charge in [0, 0.05) is 17.1 Å². The lowest BCUT2D eigenvalue weighted by Gasteiger charge is -2.32. The Hall–Kier alpha value is -2.26. The summed E-state index contributed by atoms with van der Waals surface area (Å²) in [6, 6.07) is 16.4. The Morgan fingerprint density at radius 2 is 1.84 bits per heavy atom. The van der Waals surface area contributed by atoms with Crippen molar-refractivity contribution in [3.05, 3.63) is 65.9 Å². The fraction of sp³-hybridized carbons (Fsp3) is 0.364. The van der Waals surface area contributed by atoms with Gasteiger partial charge in [0.2, 0.25) is 0 Å². The molecule has 0 unspecified atom stereocenters. The number of rotatable bonds is 5. The molecule has 1 fully saturated rings. The van der Waals surface area contributed by atoms with Crippen molar-refractivity contribution >= 4 is 10.9 Å². The predicted molar refractivity (Wildman–Crippen MR) is 103 cm³/mol. The van der Waals surface area contributed by atoms with E-state index in [1.54, 1.807) is 6.07 Å². The van der Waals surface area contributed by atoms with E-state index in [4.69, 9.17) is 0 Å². The molecule has 4 rings (SSSR count). The van der Waals surface area contributed by atoms with Crippen molar-refractivity contribution in [3.8, 4) is 5.75 Å². The molecular weight excluding hydrogens is 308 g/mol. The maximum atomic E-state index is 9.78. The predicted octanol–water partition coefficient (Wildman–Crippen LogP) is 4.69. The van der Waals surface area contributed by atoms with Gasteiger partial charge in [-0.05, 0) is 80.6 Å². The first-order valence-corrected chi connectivity index (χ1v) is 9.36. The molecule has 0 amide bonds. The lowest BCUT2D eigenvalue weighted by atomic mass is 9.89. The number of phenolic OH excluding ortho intramolecular Hbond substituents is 1. The van der Waals surface area contributed by atoms with Crippen LogP contribution in [0.25, 0.3) is 10.9 Å². The first kappa shape index (κ1) is 16.2. The largest absolute Gasteiger partial charge is 0.508 e. The lowest BCUT2D eigenvalue weighted by Crippen LogP contribution is -2.33. The fourth-order valence-corrected chi connectivity index (χ4v) is 4.09. The summed E-state index contributed by atoms with van der Waals surface area (Å²) in [7, 11) is 0. The number of hydrogen-bond donors (Lipinski definition) is 2. The second-order valence-electron chi connectivity index (χ2n) is 7.18. The molecule has 1 saturated heterocycles. The van der Waals surface area contributed by atoms with Crippen LogP contribution in [0.1, 0.15) is 36.3 Å². The number of nitrogens with one attached hydrogen (secondary N) is 1. The van der Waals surface area contributed by atoms with Crippen molar-refractivity contribution in [2.75, 3.05) is 19.6 Å². The Bertz CT molecular complexity index is 816. The zero-order valence-corrected chi connectivity index (χ0v) is 14.6. The molecule has 25 heavy (non-hydrogen) atoms. The Labute approximate surface area is 149 Å². The van der Waals surface area contributed by atoms with Crippen molar-refractivity contribution in [3.63, 3.8) is 0 Å². The molecule has 0 atom stereocenters. The van der Waals surface area contributed by atoms with Gasteiger partial charge in [0.25, 0.3) is 0 Å². The minimum Gasteiger partial charge on any atom is -0.508 e. The van der Waals surface area contributed by atoms with Crippen molar-refractivity contribution in [1.82, 2.24) is 9.88 Å². The molecule has 2 heterocycles. The molecule has 1 aromatic heterocycles. The third-order valence-electron chi connectivity index (χ3n) is 5.51. The second-order valence-corrected chi connectivity index (χ2v) is 7.18. The van der Waals surface area contributed by atoms with Gasteiger partial charge in [-0.1, -0.05) is 30.3 Å². The molecule has 0 radical (unpaired) electrons. The molecule has 3 heteroatoms. The fourth-order valence-electron chi connectivity index (χ4n) is 4.09. The zero-order valence-electron chi connectivity index (χ0n) is 14.6. The van der Waals surface area contributed by atoms with E-state index in [0.717, 1.165) is 5.52 Å². The highest BCUT2D eigenvalue weighted by Gasteiger charge is 2.22. The van der Waals surface area contributed by atoms with E-state index in [2.05, 4.69) is 46.4 Å². The van der Waals surface area contributed by atoms with Gasteiger partial charge in [-0.25, -0.2) is 0 Å². The Balaban J connectivity index is 1.31. The summed E-state index contributed by atoms with van der Waals surface area (Å²) in [5.41, 5.74) is 3.93. The summed E-state index contributed by atoms with van der Waals surface area (Å²) in [5, 5.41) is 11.0. The van der Waals surface area contributed by atoms with Gasteiger partial charge in [-0.3, -0.25) is 0 Å². The van der Waals surface area contributed by atoms with Gasteiger partial charge >= 0.3 is 0 Å². The third-order valence-corrected chi connectivity index (χ3v) is 5.51. The van der Waals surface area contributed by atoms with Crippen LogP contribution in [0.5, 0.6) is 5.75 Å². The van der Waals surface area contributed by atoms with Gasteiger partial charge in [0.05, 0.1) is 0 Å². The summed E-state index contributed by atoms with van der Waals surface area (Å²) in [5.74, 6) is 0.952. The number of H-pyrrole nitrogens is 1. The summed E-state index contributed by atoms with van der Waals surface area (Å²) in [6.45, 7) is 3.53. The van der Waals surface area contributed by atoms with Gasteiger partial charge in [-0.2, -0.15) is 0 Å². The number of aromatic amines is 1. The van der Waals surface area contributed by atoms with Crippen LogP contribution in [0.3, 0.4) is 0 Å². The van der Waals surface area contributed by atoms with E-state index >= 15 is 0 Å². The molecule has 130 valence electrons. The van der Waals surface area contributed by atoms with Crippen molar-refractivity contribution in [2.24, 2.45) is 0 Å². The first-order chi connectivity index (χ1) is 12.3. The monoisotopic (exact) mass is 334 g/mol. The van der Waals surface area contributed by atoms with Gasteiger partial charge in [-0.15, -0.1) is 0 Å². The van der Waals surface area contributed by atoms with Gasteiger partial charge in [0.15, 0.2) is 0 Å². The van der Waals surface area contributed by atoms with Crippen molar-refractivity contribution in [2.45, 2.75) is 31.6 Å². The van der Waals surface area contributed by atoms with E-state index in [1.807, 2.05) is 12.1 Å². The van der Waals surface area contributed by atoms with Crippen LogP contribution in [0.2, 0.25) is 0 Å². The van der Waals surface area contributed by atoms with Crippen LogP contribution in [-0.4, -0.2) is 34.6 Å². The zero-order chi connectivity index (χ0) is 17.1. The molecule has 0 spiro atoms. The lowest BCUT2D eigenvalue weighted by molar-refractivity contribution is 0.210. The topological polar surface area (TPSA) is 39.3 Å². The van der Waals surface area contributed by atoms with Gasteiger partial charge in [0.1, 0.15) is 5.75 Å². The van der Waals surface area contributed by atoms with E-state index in [1.165, 1.54) is 61.8 Å². The smallest absolute Gasteiger partial charge is 0.116 e. The molecule has 0 bridgehead atoms. The van der Waals surface area contributed by atoms with E-state index in [9.17, 15) is 5.11 Å². The quantitative estimate of drug-likeness (QED) is 0.711. The summed E-state index contributed by atoms with van der Waals surface area (Å²) >= 11 is 0. The number of likely N-dealkylation sites (tertiary alicyclic amines) is 1. The maximum absolute atomic E-state index is 9.78. The minimum absolute atomic E-state index is 0.353. The number of aryl methyl sites for hydroxylation is 1. The Kier molecular flexibility index (Phi) is 4.75. The summed E-state index contributed by atoms with van der Waals surface area (Å²) in [6.07, 6.45) is 6.94. The van der Waals surface area contributed by atoms with Crippen LogP contribution >= 0.6 is 0 Å².